The van der Waals surface area contributed by atoms with Crippen molar-refractivity contribution in [2.24, 2.45) is 23.7 Å². The van der Waals surface area contributed by atoms with Crippen molar-refractivity contribution in [1.82, 2.24) is 0 Å². The van der Waals surface area contributed by atoms with Gasteiger partial charge in [-0.3, -0.25) is 0 Å². The lowest BCUT2D eigenvalue weighted by Gasteiger charge is -2.31. The molecule has 1 rings (SSSR count). The average Bonchev–Trinajstić information content (AvgIpc) is 2.12. The highest BCUT2D eigenvalue weighted by Gasteiger charge is 2.24. The first-order valence-corrected chi connectivity index (χ1v) is 6.19. The Morgan fingerprint density at radius 1 is 1.36 bits per heavy atom. The van der Waals surface area contributed by atoms with Crippen molar-refractivity contribution < 1.29 is 0 Å². The molecule has 1 aliphatic carbocycles. The Hall–Kier alpha value is -0.260. The molecule has 0 aromatic heterocycles. The normalized spacial score (nSPS) is 30.3. The van der Waals surface area contributed by atoms with Crippen LogP contribution in [0.5, 0.6) is 0 Å². The molecule has 1 aliphatic rings. The van der Waals surface area contributed by atoms with Crippen molar-refractivity contribution in [1.29, 1.82) is 0 Å². The van der Waals surface area contributed by atoms with Crippen molar-refractivity contribution in [2.45, 2.75) is 53.9 Å². The maximum atomic E-state index is 2.43. The fraction of sp³-hybridized carbons (Fsp3) is 0.857. The number of hydrogen-bond acceptors (Lipinski definition) is 0. The molecule has 0 radical (unpaired) electrons. The highest BCUT2D eigenvalue weighted by molar-refractivity contribution is 5.07. The van der Waals surface area contributed by atoms with Crippen molar-refractivity contribution in [3.63, 3.8) is 0 Å². The molecule has 0 aromatic rings. The molecular weight excluding hydrogens is 168 g/mol. The van der Waals surface area contributed by atoms with Gasteiger partial charge >= 0.3 is 0 Å². The molecule has 0 bridgehead atoms. The third-order valence-corrected chi connectivity index (χ3v) is 4.24. The van der Waals surface area contributed by atoms with Gasteiger partial charge in [-0.25, -0.2) is 0 Å². The topological polar surface area (TPSA) is 0 Å². The van der Waals surface area contributed by atoms with Crippen LogP contribution in [0.2, 0.25) is 0 Å². The predicted octanol–water partition coefficient (Wildman–Crippen LogP) is 4.66. The summed E-state index contributed by atoms with van der Waals surface area (Å²) in [5.41, 5.74) is 1.62. The first kappa shape index (κ1) is 11.8. The predicted molar refractivity (Wildman–Crippen MR) is 64.3 cm³/mol. The molecule has 14 heavy (non-hydrogen) atoms. The summed E-state index contributed by atoms with van der Waals surface area (Å²) in [6.45, 7) is 11.8. The summed E-state index contributed by atoms with van der Waals surface area (Å²) >= 11 is 0. The van der Waals surface area contributed by atoms with E-state index in [-0.39, 0.29) is 0 Å². The van der Waals surface area contributed by atoms with Gasteiger partial charge in [-0.1, -0.05) is 39.3 Å². The van der Waals surface area contributed by atoms with Crippen LogP contribution in [0.4, 0.5) is 0 Å². The molecule has 0 saturated carbocycles. The molecule has 0 spiro atoms. The van der Waals surface area contributed by atoms with E-state index in [4.69, 9.17) is 0 Å². The van der Waals surface area contributed by atoms with Gasteiger partial charge in [-0.05, 0) is 49.9 Å². The quantitative estimate of drug-likeness (QED) is 0.573. The molecule has 0 nitrogen and oxygen atoms in total. The summed E-state index contributed by atoms with van der Waals surface area (Å²) in [4.78, 5) is 0. The molecule has 0 aliphatic heterocycles. The SMILES string of the molecule is CC1=CCCC(CC(C)C(C)C)C1C. The van der Waals surface area contributed by atoms with E-state index in [1.54, 1.807) is 5.57 Å². The standard InChI is InChI=1S/C14H26/c1-10(2)12(4)9-14-8-6-7-11(3)13(14)5/h7,10,12-14H,6,8-9H2,1-5H3. The molecule has 0 heterocycles. The Kier molecular flexibility index (Phi) is 4.22. The maximum absolute atomic E-state index is 2.43. The second-order valence-corrected chi connectivity index (χ2v) is 5.53. The van der Waals surface area contributed by atoms with Gasteiger partial charge < -0.3 is 0 Å². The zero-order valence-corrected chi connectivity index (χ0v) is 10.5. The Bertz CT molecular complexity index is 200. The van der Waals surface area contributed by atoms with Crippen LogP contribution in [0.3, 0.4) is 0 Å². The second-order valence-electron chi connectivity index (χ2n) is 5.53. The second kappa shape index (κ2) is 5.00. The first-order valence-electron chi connectivity index (χ1n) is 6.19. The molecule has 82 valence electrons. The third kappa shape index (κ3) is 2.87. The molecular formula is C14H26. The zero-order valence-electron chi connectivity index (χ0n) is 10.5. The number of allylic oxidation sites excluding steroid dienone is 2. The van der Waals surface area contributed by atoms with Gasteiger partial charge in [0.15, 0.2) is 0 Å². The lowest BCUT2D eigenvalue weighted by atomic mass is 9.74. The molecule has 3 unspecified atom stereocenters. The van der Waals surface area contributed by atoms with Gasteiger partial charge in [0.2, 0.25) is 0 Å². The van der Waals surface area contributed by atoms with E-state index in [2.05, 4.69) is 40.7 Å². The van der Waals surface area contributed by atoms with Crippen LogP contribution in [0.25, 0.3) is 0 Å². The fourth-order valence-corrected chi connectivity index (χ4v) is 2.40. The lowest BCUT2D eigenvalue weighted by Crippen LogP contribution is -2.20. The minimum absolute atomic E-state index is 0.824. The molecule has 3 atom stereocenters. The van der Waals surface area contributed by atoms with Crippen molar-refractivity contribution in [3.8, 4) is 0 Å². The van der Waals surface area contributed by atoms with Crippen LogP contribution < -0.4 is 0 Å². The Morgan fingerprint density at radius 2 is 2.00 bits per heavy atom. The molecule has 0 heteroatoms. The summed E-state index contributed by atoms with van der Waals surface area (Å²) in [6.07, 6.45) is 6.58. The van der Waals surface area contributed by atoms with Gasteiger partial charge in [0.1, 0.15) is 0 Å². The smallest absolute Gasteiger partial charge is 0.0206 e. The van der Waals surface area contributed by atoms with E-state index >= 15 is 0 Å². The van der Waals surface area contributed by atoms with Crippen LogP contribution in [0, 0.1) is 23.7 Å². The molecule has 0 fully saturated rings. The summed E-state index contributed by atoms with van der Waals surface area (Å²) in [5, 5.41) is 0. The summed E-state index contributed by atoms with van der Waals surface area (Å²) in [5.74, 6) is 3.49. The van der Waals surface area contributed by atoms with Gasteiger partial charge in [0, 0.05) is 0 Å². The third-order valence-electron chi connectivity index (χ3n) is 4.24. The highest BCUT2D eigenvalue weighted by atomic mass is 14.3. The first-order chi connectivity index (χ1) is 6.52. The average molecular weight is 194 g/mol. The van der Waals surface area contributed by atoms with Crippen LogP contribution in [-0.2, 0) is 0 Å². The van der Waals surface area contributed by atoms with Crippen molar-refractivity contribution in [3.05, 3.63) is 11.6 Å². The maximum Gasteiger partial charge on any atom is -0.0206 e. The van der Waals surface area contributed by atoms with Gasteiger partial charge in [-0.15, -0.1) is 0 Å². The summed E-state index contributed by atoms with van der Waals surface area (Å²) < 4.78 is 0. The van der Waals surface area contributed by atoms with E-state index < -0.39 is 0 Å². The van der Waals surface area contributed by atoms with E-state index in [9.17, 15) is 0 Å². The zero-order chi connectivity index (χ0) is 10.7. The van der Waals surface area contributed by atoms with Crippen molar-refractivity contribution >= 4 is 0 Å². The van der Waals surface area contributed by atoms with Crippen LogP contribution in [-0.4, -0.2) is 0 Å². The molecule has 0 amide bonds. The van der Waals surface area contributed by atoms with Crippen LogP contribution in [0.1, 0.15) is 53.9 Å². The Labute approximate surface area is 89.8 Å². The van der Waals surface area contributed by atoms with E-state index in [0.29, 0.717) is 0 Å². The molecule has 0 saturated heterocycles. The van der Waals surface area contributed by atoms with Gasteiger partial charge in [-0.2, -0.15) is 0 Å². The Morgan fingerprint density at radius 3 is 2.57 bits per heavy atom. The van der Waals surface area contributed by atoms with E-state index in [0.717, 1.165) is 23.7 Å². The summed E-state index contributed by atoms with van der Waals surface area (Å²) in [7, 11) is 0. The highest BCUT2D eigenvalue weighted by Crippen LogP contribution is 2.35. The number of rotatable bonds is 3. The van der Waals surface area contributed by atoms with E-state index in [1.165, 1.54) is 19.3 Å². The number of hydrogen-bond donors (Lipinski definition) is 0. The van der Waals surface area contributed by atoms with Gasteiger partial charge in [0.25, 0.3) is 0 Å². The minimum atomic E-state index is 0.824. The van der Waals surface area contributed by atoms with Crippen LogP contribution >= 0.6 is 0 Å². The van der Waals surface area contributed by atoms with Crippen molar-refractivity contribution in [2.75, 3.05) is 0 Å². The lowest BCUT2D eigenvalue weighted by molar-refractivity contribution is 0.254. The monoisotopic (exact) mass is 194 g/mol. The Balaban J connectivity index is 2.49. The van der Waals surface area contributed by atoms with Crippen LogP contribution in [0.15, 0.2) is 11.6 Å². The van der Waals surface area contributed by atoms with E-state index in [1.807, 2.05) is 0 Å². The minimum Gasteiger partial charge on any atom is -0.0853 e. The summed E-state index contributed by atoms with van der Waals surface area (Å²) in [6, 6.07) is 0. The molecule has 0 aromatic carbocycles. The fourth-order valence-electron chi connectivity index (χ4n) is 2.40. The molecule has 0 N–H and O–H groups in total. The largest absolute Gasteiger partial charge is 0.0853 e. The van der Waals surface area contributed by atoms with Gasteiger partial charge in [0.05, 0.1) is 0 Å².